The summed E-state index contributed by atoms with van der Waals surface area (Å²) in [5.41, 5.74) is 3.68. The second-order valence-corrected chi connectivity index (χ2v) is 5.53. The van der Waals surface area contributed by atoms with E-state index < -0.39 is 5.60 Å². The SMILES string of the molecule is COc1ccc2c(c1)-c1ccccc1[C@]2(O)c1ccccc1. The zero-order chi connectivity index (χ0) is 15.2. The maximum atomic E-state index is 11.6. The summed E-state index contributed by atoms with van der Waals surface area (Å²) < 4.78 is 5.35. The zero-order valence-electron chi connectivity index (χ0n) is 12.3. The Morgan fingerprint density at radius 1 is 0.773 bits per heavy atom. The van der Waals surface area contributed by atoms with E-state index in [1.54, 1.807) is 7.11 Å². The molecule has 1 N–H and O–H groups in total. The number of hydrogen-bond donors (Lipinski definition) is 1. The lowest BCUT2D eigenvalue weighted by molar-refractivity contribution is 0.130. The Morgan fingerprint density at radius 2 is 1.45 bits per heavy atom. The van der Waals surface area contributed by atoms with Crippen LogP contribution < -0.4 is 4.74 Å². The van der Waals surface area contributed by atoms with Gasteiger partial charge in [0.1, 0.15) is 11.4 Å². The highest BCUT2D eigenvalue weighted by Gasteiger charge is 2.42. The van der Waals surface area contributed by atoms with E-state index in [0.717, 1.165) is 33.6 Å². The molecule has 1 aliphatic carbocycles. The monoisotopic (exact) mass is 288 g/mol. The minimum Gasteiger partial charge on any atom is -0.497 e. The number of methoxy groups -OCH3 is 1. The molecule has 108 valence electrons. The van der Waals surface area contributed by atoms with Gasteiger partial charge >= 0.3 is 0 Å². The molecule has 0 spiro atoms. The van der Waals surface area contributed by atoms with Crippen LogP contribution in [0.3, 0.4) is 0 Å². The molecule has 0 saturated heterocycles. The molecule has 0 amide bonds. The highest BCUT2D eigenvalue weighted by atomic mass is 16.5. The van der Waals surface area contributed by atoms with Crippen molar-refractivity contribution in [3.05, 3.63) is 89.5 Å². The average Bonchev–Trinajstić information content (AvgIpc) is 2.86. The van der Waals surface area contributed by atoms with Gasteiger partial charge in [0, 0.05) is 11.1 Å². The van der Waals surface area contributed by atoms with Crippen molar-refractivity contribution >= 4 is 0 Å². The summed E-state index contributed by atoms with van der Waals surface area (Å²) in [5, 5.41) is 11.6. The van der Waals surface area contributed by atoms with Crippen molar-refractivity contribution < 1.29 is 9.84 Å². The molecule has 0 bridgehead atoms. The predicted molar refractivity (Wildman–Crippen MR) is 87.0 cm³/mol. The Morgan fingerprint density at radius 3 is 2.23 bits per heavy atom. The first-order valence-electron chi connectivity index (χ1n) is 7.31. The van der Waals surface area contributed by atoms with Crippen molar-refractivity contribution in [2.24, 2.45) is 0 Å². The number of fused-ring (bicyclic) bond motifs is 3. The number of hydrogen-bond acceptors (Lipinski definition) is 2. The van der Waals surface area contributed by atoms with Crippen LogP contribution in [-0.2, 0) is 5.60 Å². The first-order valence-corrected chi connectivity index (χ1v) is 7.31. The molecule has 0 heterocycles. The van der Waals surface area contributed by atoms with E-state index in [4.69, 9.17) is 4.74 Å². The van der Waals surface area contributed by atoms with E-state index in [-0.39, 0.29) is 0 Å². The maximum absolute atomic E-state index is 11.6. The van der Waals surface area contributed by atoms with Gasteiger partial charge in [-0.2, -0.15) is 0 Å². The van der Waals surface area contributed by atoms with Crippen LogP contribution in [-0.4, -0.2) is 12.2 Å². The van der Waals surface area contributed by atoms with E-state index in [1.807, 2.05) is 66.7 Å². The van der Waals surface area contributed by atoms with Crippen LogP contribution in [0.15, 0.2) is 72.8 Å². The number of rotatable bonds is 2. The van der Waals surface area contributed by atoms with Crippen LogP contribution >= 0.6 is 0 Å². The smallest absolute Gasteiger partial charge is 0.141 e. The molecule has 3 aromatic rings. The van der Waals surface area contributed by atoms with Crippen molar-refractivity contribution in [2.75, 3.05) is 7.11 Å². The van der Waals surface area contributed by atoms with Crippen molar-refractivity contribution in [3.8, 4) is 16.9 Å². The standard InChI is InChI=1S/C20H16O2/c1-22-15-11-12-19-17(13-15)16-9-5-6-10-18(16)20(19,21)14-7-3-2-4-8-14/h2-13,21H,1H3/t20-/m1/s1. The minimum atomic E-state index is -1.11. The van der Waals surface area contributed by atoms with Crippen LogP contribution in [0.5, 0.6) is 5.75 Å². The van der Waals surface area contributed by atoms with Crippen LogP contribution in [0.2, 0.25) is 0 Å². The lowest BCUT2D eigenvalue weighted by atomic mass is 9.84. The van der Waals surface area contributed by atoms with Crippen LogP contribution in [0.4, 0.5) is 0 Å². The second-order valence-electron chi connectivity index (χ2n) is 5.53. The second kappa shape index (κ2) is 4.72. The van der Waals surface area contributed by atoms with E-state index in [0.29, 0.717) is 0 Å². The van der Waals surface area contributed by atoms with Crippen molar-refractivity contribution in [1.29, 1.82) is 0 Å². The topological polar surface area (TPSA) is 29.5 Å². The van der Waals surface area contributed by atoms with Gasteiger partial charge in [-0.15, -0.1) is 0 Å². The molecule has 22 heavy (non-hydrogen) atoms. The van der Waals surface area contributed by atoms with E-state index >= 15 is 0 Å². The first kappa shape index (κ1) is 13.1. The normalized spacial score (nSPS) is 18.6. The van der Waals surface area contributed by atoms with Gasteiger partial charge in [0.25, 0.3) is 0 Å². The molecule has 1 aliphatic rings. The summed E-state index contributed by atoms with van der Waals surface area (Å²) in [4.78, 5) is 0. The van der Waals surface area contributed by atoms with E-state index in [9.17, 15) is 5.11 Å². The molecule has 2 nitrogen and oxygen atoms in total. The highest BCUT2D eigenvalue weighted by molar-refractivity contribution is 5.83. The molecule has 0 saturated carbocycles. The first-order chi connectivity index (χ1) is 10.7. The molecule has 4 rings (SSSR count). The highest BCUT2D eigenvalue weighted by Crippen LogP contribution is 2.51. The van der Waals surface area contributed by atoms with Gasteiger partial charge in [0.05, 0.1) is 7.11 Å². The zero-order valence-corrected chi connectivity index (χ0v) is 12.3. The maximum Gasteiger partial charge on any atom is 0.141 e. The molecule has 0 unspecified atom stereocenters. The molecule has 0 aromatic heterocycles. The predicted octanol–water partition coefficient (Wildman–Crippen LogP) is 3.96. The van der Waals surface area contributed by atoms with Crippen LogP contribution in [0.1, 0.15) is 16.7 Å². The number of benzene rings is 3. The molecule has 2 heteroatoms. The van der Waals surface area contributed by atoms with Gasteiger partial charge in [0.15, 0.2) is 0 Å². The molecule has 3 aromatic carbocycles. The van der Waals surface area contributed by atoms with Gasteiger partial charge in [-0.1, -0.05) is 60.7 Å². The minimum absolute atomic E-state index is 0.797. The summed E-state index contributed by atoms with van der Waals surface area (Å²) in [6, 6.07) is 23.7. The molecule has 0 aliphatic heterocycles. The molecule has 0 fully saturated rings. The third-order valence-electron chi connectivity index (χ3n) is 4.42. The van der Waals surface area contributed by atoms with Crippen molar-refractivity contribution in [3.63, 3.8) is 0 Å². The third-order valence-corrected chi connectivity index (χ3v) is 4.42. The van der Waals surface area contributed by atoms with Gasteiger partial charge in [0.2, 0.25) is 0 Å². The van der Waals surface area contributed by atoms with Crippen LogP contribution in [0.25, 0.3) is 11.1 Å². The fourth-order valence-corrected chi connectivity index (χ4v) is 3.36. The van der Waals surface area contributed by atoms with Gasteiger partial charge in [-0.3, -0.25) is 0 Å². The van der Waals surface area contributed by atoms with Gasteiger partial charge in [-0.05, 0) is 28.8 Å². The summed E-state index contributed by atoms with van der Waals surface area (Å²) in [6.45, 7) is 0. The third kappa shape index (κ3) is 1.65. The Labute approximate surface area is 129 Å². The van der Waals surface area contributed by atoms with Gasteiger partial charge < -0.3 is 9.84 Å². The number of aliphatic hydroxyl groups is 1. The summed E-state index contributed by atoms with van der Waals surface area (Å²) in [5.74, 6) is 0.797. The Bertz CT molecular complexity index is 839. The summed E-state index contributed by atoms with van der Waals surface area (Å²) in [7, 11) is 1.66. The fourth-order valence-electron chi connectivity index (χ4n) is 3.36. The summed E-state index contributed by atoms with van der Waals surface area (Å²) >= 11 is 0. The van der Waals surface area contributed by atoms with E-state index in [1.165, 1.54) is 0 Å². The lowest BCUT2D eigenvalue weighted by Crippen LogP contribution is -2.25. The molecule has 0 radical (unpaired) electrons. The van der Waals surface area contributed by atoms with Crippen molar-refractivity contribution in [2.45, 2.75) is 5.60 Å². The van der Waals surface area contributed by atoms with Crippen LogP contribution in [0, 0.1) is 0 Å². The van der Waals surface area contributed by atoms with Crippen molar-refractivity contribution in [1.82, 2.24) is 0 Å². The fraction of sp³-hybridized carbons (Fsp3) is 0.100. The quantitative estimate of drug-likeness (QED) is 0.773. The lowest BCUT2D eigenvalue weighted by Gasteiger charge is -2.26. The Kier molecular flexibility index (Phi) is 2.81. The molecular formula is C20H16O2. The summed E-state index contributed by atoms with van der Waals surface area (Å²) in [6.07, 6.45) is 0. The number of ether oxygens (including phenoxy) is 1. The molecular weight excluding hydrogens is 272 g/mol. The van der Waals surface area contributed by atoms with Gasteiger partial charge in [-0.25, -0.2) is 0 Å². The van der Waals surface area contributed by atoms with E-state index in [2.05, 4.69) is 6.07 Å². The Hall–Kier alpha value is -2.58. The largest absolute Gasteiger partial charge is 0.497 e. The Balaban J connectivity index is 2.06. The average molecular weight is 288 g/mol. The molecule has 1 atom stereocenters.